The quantitative estimate of drug-likeness (QED) is 0.330. The van der Waals surface area contributed by atoms with Crippen molar-refractivity contribution < 1.29 is 19.4 Å². The minimum absolute atomic E-state index is 0.111. The fraction of sp³-hybridized carbons (Fsp3) is 0.125. The third-order valence-corrected chi connectivity index (χ3v) is 5.12. The van der Waals surface area contributed by atoms with Gasteiger partial charge >= 0.3 is 0 Å². The Morgan fingerprint density at radius 1 is 1.03 bits per heavy atom. The van der Waals surface area contributed by atoms with Crippen LogP contribution in [0.3, 0.4) is 0 Å². The van der Waals surface area contributed by atoms with Crippen LogP contribution in [0.1, 0.15) is 27.0 Å². The fourth-order valence-electron chi connectivity index (χ4n) is 2.73. The molecule has 0 heterocycles. The second-order valence-electron chi connectivity index (χ2n) is 7.07. The van der Waals surface area contributed by atoms with Crippen LogP contribution in [0, 0.1) is 13.8 Å². The highest BCUT2D eigenvalue weighted by molar-refractivity contribution is 9.10. The molecule has 0 spiro atoms. The molecule has 0 aliphatic carbocycles. The summed E-state index contributed by atoms with van der Waals surface area (Å²) in [7, 11) is 0. The third kappa shape index (κ3) is 6.42. The van der Waals surface area contributed by atoms with Gasteiger partial charge in [-0.3, -0.25) is 9.59 Å². The number of anilines is 1. The van der Waals surface area contributed by atoms with E-state index in [1.807, 2.05) is 32.0 Å². The Bertz CT molecular complexity index is 1160. The van der Waals surface area contributed by atoms with Crippen LogP contribution in [-0.2, 0) is 4.79 Å². The van der Waals surface area contributed by atoms with Crippen molar-refractivity contribution in [3.63, 3.8) is 0 Å². The first-order chi connectivity index (χ1) is 15.3. The molecule has 0 bridgehead atoms. The van der Waals surface area contributed by atoms with Gasteiger partial charge in [0, 0.05) is 10.2 Å². The molecule has 32 heavy (non-hydrogen) atoms. The standard InChI is InChI=1S/C24H22BrN3O4/c1-15-3-7-19(11-16(15)2)27-23(30)14-32-20-8-4-17(5-9-20)13-26-28-24(31)21-12-18(25)6-10-22(21)29/h3-13,29H,14H2,1-2H3,(H,27,30)(H,28,31)/b26-13-. The monoisotopic (exact) mass is 495 g/mol. The number of nitrogens with zero attached hydrogens (tertiary/aromatic N) is 1. The molecule has 3 N–H and O–H groups in total. The molecule has 164 valence electrons. The van der Waals surface area contributed by atoms with Crippen molar-refractivity contribution in [2.24, 2.45) is 5.10 Å². The molecule has 0 saturated heterocycles. The van der Waals surface area contributed by atoms with Gasteiger partial charge in [0.05, 0.1) is 11.8 Å². The van der Waals surface area contributed by atoms with E-state index in [-0.39, 0.29) is 23.8 Å². The molecule has 0 radical (unpaired) electrons. The number of carbonyl (C=O) groups is 2. The van der Waals surface area contributed by atoms with Crippen molar-refractivity contribution in [2.45, 2.75) is 13.8 Å². The summed E-state index contributed by atoms with van der Waals surface area (Å²) in [5.74, 6) is -0.392. The van der Waals surface area contributed by atoms with E-state index >= 15 is 0 Å². The second-order valence-corrected chi connectivity index (χ2v) is 7.98. The van der Waals surface area contributed by atoms with Gasteiger partial charge in [0.1, 0.15) is 11.5 Å². The van der Waals surface area contributed by atoms with Gasteiger partial charge in [0.25, 0.3) is 11.8 Å². The average Bonchev–Trinajstić information content (AvgIpc) is 2.77. The average molecular weight is 496 g/mol. The first-order valence-electron chi connectivity index (χ1n) is 9.74. The number of aryl methyl sites for hydroxylation is 2. The Morgan fingerprint density at radius 3 is 2.50 bits per heavy atom. The molecular formula is C24H22BrN3O4. The van der Waals surface area contributed by atoms with E-state index in [4.69, 9.17) is 4.74 Å². The number of phenols is 1. The summed E-state index contributed by atoms with van der Waals surface area (Å²) in [4.78, 5) is 24.2. The smallest absolute Gasteiger partial charge is 0.275 e. The number of phenolic OH excluding ortho intramolecular Hbond substituents is 1. The third-order valence-electron chi connectivity index (χ3n) is 4.62. The lowest BCUT2D eigenvalue weighted by Gasteiger charge is -2.09. The number of halogens is 1. The highest BCUT2D eigenvalue weighted by atomic mass is 79.9. The number of carbonyl (C=O) groups excluding carboxylic acids is 2. The van der Waals surface area contributed by atoms with Gasteiger partial charge in [0.15, 0.2) is 6.61 Å². The molecule has 0 atom stereocenters. The van der Waals surface area contributed by atoms with Crippen molar-refractivity contribution in [3.05, 3.63) is 87.4 Å². The van der Waals surface area contributed by atoms with Gasteiger partial charge in [-0.15, -0.1) is 0 Å². The zero-order valence-corrected chi connectivity index (χ0v) is 19.1. The topological polar surface area (TPSA) is 100 Å². The number of ether oxygens (including phenoxy) is 1. The van der Waals surface area contributed by atoms with Crippen molar-refractivity contribution in [3.8, 4) is 11.5 Å². The van der Waals surface area contributed by atoms with Crippen LogP contribution in [-0.4, -0.2) is 29.7 Å². The molecular weight excluding hydrogens is 474 g/mol. The van der Waals surface area contributed by atoms with E-state index in [9.17, 15) is 14.7 Å². The lowest BCUT2D eigenvalue weighted by atomic mass is 10.1. The maximum absolute atomic E-state index is 12.1. The lowest BCUT2D eigenvalue weighted by Crippen LogP contribution is -2.20. The number of aromatic hydroxyl groups is 1. The summed E-state index contributed by atoms with van der Waals surface area (Å²) in [6.45, 7) is 3.88. The molecule has 7 nitrogen and oxygen atoms in total. The summed E-state index contributed by atoms with van der Waals surface area (Å²) < 4.78 is 6.18. The number of hydrogen-bond donors (Lipinski definition) is 3. The van der Waals surface area contributed by atoms with Crippen LogP contribution in [0.4, 0.5) is 5.69 Å². The Hall–Kier alpha value is -3.65. The summed E-state index contributed by atoms with van der Waals surface area (Å²) in [5, 5.41) is 16.5. The van der Waals surface area contributed by atoms with Crippen LogP contribution in [0.25, 0.3) is 0 Å². The van der Waals surface area contributed by atoms with Crippen molar-refractivity contribution in [2.75, 3.05) is 11.9 Å². The van der Waals surface area contributed by atoms with Gasteiger partial charge in [0.2, 0.25) is 0 Å². The first kappa shape index (κ1) is 23.0. The van der Waals surface area contributed by atoms with Gasteiger partial charge < -0.3 is 15.2 Å². The predicted octanol–water partition coefficient (Wildman–Crippen LogP) is 4.55. The maximum atomic E-state index is 12.1. The largest absolute Gasteiger partial charge is 0.507 e. The van der Waals surface area contributed by atoms with Gasteiger partial charge in [-0.1, -0.05) is 22.0 Å². The van der Waals surface area contributed by atoms with E-state index in [0.717, 1.165) is 22.4 Å². The van der Waals surface area contributed by atoms with Crippen LogP contribution < -0.4 is 15.5 Å². The van der Waals surface area contributed by atoms with Gasteiger partial charge in [-0.05, 0) is 85.1 Å². The predicted molar refractivity (Wildman–Crippen MR) is 127 cm³/mol. The van der Waals surface area contributed by atoms with Gasteiger partial charge in [-0.2, -0.15) is 5.10 Å². The highest BCUT2D eigenvalue weighted by Gasteiger charge is 2.10. The second kappa shape index (κ2) is 10.6. The number of amides is 2. The minimum atomic E-state index is -0.533. The molecule has 0 aliphatic rings. The zero-order chi connectivity index (χ0) is 23.1. The fourth-order valence-corrected chi connectivity index (χ4v) is 3.09. The first-order valence-corrected chi connectivity index (χ1v) is 10.5. The molecule has 8 heteroatoms. The molecule has 0 saturated carbocycles. The zero-order valence-electron chi connectivity index (χ0n) is 17.6. The lowest BCUT2D eigenvalue weighted by molar-refractivity contribution is -0.118. The molecule has 0 fully saturated rings. The number of rotatable bonds is 7. The van der Waals surface area contributed by atoms with Crippen molar-refractivity contribution in [1.82, 2.24) is 5.43 Å². The molecule has 0 unspecified atom stereocenters. The van der Waals surface area contributed by atoms with Crippen molar-refractivity contribution in [1.29, 1.82) is 0 Å². The number of nitrogens with one attached hydrogen (secondary N) is 2. The molecule has 0 aromatic heterocycles. The SMILES string of the molecule is Cc1ccc(NC(=O)COc2ccc(/C=N\NC(=O)c3cc(Br)ccc3O)cc2)cc1C. The van der Waals surface area contributed by atoms with Crippen LogP contribution >= 0.6 is 15.9 Å². The summed E-state index contributed by atoms with van der Waals surface area (Å²) in [6.07, 6.45) is 1.46. The van der Waals surface area contributed by atoms with E-state index in [0.29, 0.717) is 10.2 Å². The Labute approximate surface area is 194 Å². The molecule has 0 aliphatic heterocycles. The van der Waals surface area contributed by atoms with E-state index in [1.165, 1.54) is 18.3 Å². The Morgan fingerprint density at radius 2 is 1.78 bits per heavy atom. The van der Waals surface area contributed by atoms with Crippen LogP contribution in [0.2, 0.25) is 0 Å². The van der Waals surface area contributed by atoms with Crippen molar-refractivity contribution >= 4 is 39.6 Å². The Balaban J connectivity index is 1.49. The minimum Gasteiger partial charge on any atom is -0.507 e. The number of benzene rings is 3. The summed E-state index contributed by atoms with van der Waals surface area (Å²) >= 11 is 3.25. The Kier molecular flexibility index (Phi) is 7.62. The van der Waals surface area contributed by atoms with Crippen LogP contribution in [0.5, 0.6) is 11.5 Å². The van der Waals surface area contributed by atoms with E-state index in [1.54, 1.807) is 30.3 Å². The van der Waals surface area contributed by atoms with Crippen LogP contribution in [0.15, 0.2) is 70.2 Å². The molecule has 2 amide bonds. The maximum Gasteiger partial charge on any atom is 0.275 e. The molecule has 3 aromatic rings. The number of hydrazone groups is 1. The van der Waals surface area contributed by atoms with E-state index in [2.05, 4.69) is 31.8 Å². The summed E-state index contributed by atoms with van der Waals surface area (Å²) in [5.41, 5.74) is 6.19. The highest BCUT2D eigenvalue weighted by Crippen LogP contribution is 2.21. The normalized spacial score (nSPS) is 10.7. The van der Waals surface area contributed by atoms with E-state index < -0.39 is 5.91 Å². The number of hydrogen-bond acceptors (Lipinski definition) is 5. The molecule has 3 rings (SSSR count). The van der Waals surface area contributed by atoms with Gasteiger partial charge in [-0.25, -0.2) is 5.43 Å². The molecule has 3 aromatic carbocycles. The summed E-state index contributed by atoms with van der Waals surface area (Å²) in [6, 6.07) is 17.2.